The van der Waals surface area contributed by atoms with Crippen LogP contribution in [0.2, 0.25) is 0 Å². The summed E-state index contributed by atoms with van der Waals surface area (Å²) < 4.78 is 14.1. The van der Waals surface area contributed by atoms with Gasteiger partial charge in [0.2, 0.25) is 0 Å². The Morgan fingerprint density at radius 1 is 1.19 bits per heavy atom. The minimum atomic E-state index is -1.02. The lowest BCUT2D eigenvalue weighted by atomic mass is 10.2. The number of hydrogen-bond donors (Lipinski definition) is 1. The zero-order valence-electron chi connectivity index (χ0n) is 14.3. The highest BCUT2D eigenvalue weighted by molar-refractivity contribution is 8.01. The Kier molecular flexibility index (Phi) is 4.84. The van der Waals surface area contributed by atoms with Gasteiger partial charge in [-0.1, -0.05) is 24.3 Å². The summed E-state index contributed by atoms with van der Waals surface area (Å²) in [6.07, 6.45) is 3.53. The topological polar surface area (TPSA) is 49.0 Å². The van der Waals surface area contributed by atoms with Crippen LogP contribution in [0.4, 0.5) is 5.69 Å². The van der Waals surface area contributed by atoms with Crippen molar-refractivity contribution in [1.29, 1.82) is 0 Å². The number of thiazole rings is 1. The van der Waals surface area contributed by atoms with Gasteiger partial charge in [0.05, 0.1) is 32.6 Å². The molecular formula is C19H17N3OS3. The van der Waals surface area contributed by atoms with Crippen LogP contribution in [0.1, 0.15) is 0 Å². The summed E-state index contributed by atoms with van der Waals surface area (Å²) in [6.45, 7) is 0. The van der Waals surface area contributed by atoms with Crippen LogP contribution in [0.5, 0.6) is 0 Å². The number of nitrogens with zero attached hydrogens (tertiary/aromatic N) is 2. The SMILES string of the molecule is CN(Sc1ccccc1S(C)=O)c1cccc2cc(-c3nccs3)[nH]c12. The van der Waals surface area contributed by atoms with Crippen LogP contribution in [0, 0.1) is 0 Å². The van der Waals surface area contributed by atoms with E-state index in [9.17, 15) is 4.21 Å². The Bertz CT molecular complexity index is 1070. The van der Waals surface area contributed by atoms with Crippen LogP contribution >= 0.6 is 23.3 Å². The predicted octanol–water partition coefficient (Wildman–Crippen LogP) is 5.17. The summed E-state index contributed by atoms with van der Waals surface area (Å²) in [5.41, 5.74) is 3.17. The third-order valence-electron chi connectivity index (χ3n) is 4.03. The Hall–Kier alpha value is -2.09. The fourth-order valence-corrected chi connectivity index (χ4v) is 5.37. The molecule has 1 atom stereocenters. The van der Waals surface area contributed by atoms with E-state index in [0.717, 1.165) is 37.1 Å². The molecule has 4 aromatic rings. The first-order chi connectivity index (χ1) is 12.6. The van der Waals surface area contributed by atoms with Crippen molar-refractivity contribution in [2.24, 2.45) is 0 Å². The second-order valence-corrected chi connectivity index (χ2v) is 9.16. The monoisotopic (exact) mass is 399 g/mol. The van der Waals surface area contributed by atoms with E-state index in [-0.39, 0.29) is 0 Å². The van der Waals surface area contributed by atoms with E-state index in [4.69, 9.17) is 0 Å². The average Bonchev–Trinajstić information content (AvgIpc) is 3.30. The molecule has 1 N–H and O–H groups in total. The molecule has 1 unspecified atom stereocenters. The summed E-state index contributed by atoms with van der Waals surface area (Å²) >= 11 is 3.20. The minimum absolute atomic E-state index is 0.853. The first-order valence-corrected chi connectivity index (χ1v) is 11.2. The molecule has 0 aliphatic carbocycles. The summed E-state index contributed by atoms with van der Waals surface area (Å²) in [5, 5.41) is 4.10. The van der Waals surface area contributed by atoms with Crippen molar-refractivity contribution < 1.29 is 4.21 Å². The Morgan fingerprint density at radius 3 is 2.81 bits per heavy atom. The number of hydrogen-bond acceptors (Lipinski definition) is 5. The molecule has 0 saturated carbocycles. The molecule has 132 valence electrons. The van der Waals surface area contributed by atoms with E-state index in [1.807, 2.05) is 42.9 Å². The molecule has 0 saturated heterocycles. The van der Waals surface area contributed by atoms with Crippen LogP contribution in [0.3, 0.4) is 0 Å². The third-order valence-corrected chi connectivity index (χ3v) is 6.96. The van der Waals surface area contributed by atoms with Crippen molar-refractivity contribution in [3.8, 4) is 10.7 Å². The van der Waals surface area contributed by atoms with Crippen LogP contribution in [-0.2, 0) is 10.8 Å². The average molecular weight is 400 g/mol. The predicted molar refractivity (Wildman–Crippen MR) is 112 cm³/mol. The summed E-state index contributed by atoms with van der Waals surface area (Å²) in [4.78, 5) is 9.75. The molecule has 0 fully saturated rings. The van der Waals surface area contributed by atoms with Crippen molar-refractivity contribution in [3.63, 3.8) is 0 Å². The number of aromatic nitrogens is 2. The standard InChI is InChI=1S/C19H17N3OS3/c1-22(25-16-8-3-4-9-17(16)26(2)23)15-7-5-6-13-12-14(21-18(13)15)19-20-10-11-24-19/h3-12,21H,1-2H3. The number of fused-ring (bicyclic) bond motifs is 1. The van der Waals surface area contributed by atoms with Crippen molar-refractivity contribution in [3.05, 3.63) is 60.1 Å². The molecule has 4 rings (SSSR count). The van der Waals surface area contributed by atoms with Gasteiger partial charge in [-0.25, -0.2) is 4.98 Å². The lowest BCUT2D eigenvalue weighted by Gasteiger charge is -2.20. The van der Waals surface area contributed by atoms with Gasteiger partial charge in [0.25, 0.3) is 0 Å². The van der Waals surface area contributed by atoms with Crippen molar-refractivity contribution in [2.75, 3.05) is 17.6 Å². The molecule has 7 heteroatoms. The quantitative estimate of drug-likeness (QED) is 0.470. The van der Waals surface area contributed by atoms with E-state index in [1.165, 1.54) is 0 Å². The van der Waals surface area contributed by atoms with Crippen LogP contribution < -0.4 is 4.31 Å². The third kappa shape index (κ3) is 3.30. The van der Waals surface area contributed by atoms with Crippen LogP contribution in [-0.4, -0.2) is 27.5 Å². The van der Waals surface area contributed by atoms with Gasteiger partial charge >= 0.3 is 0 Å². The van der Waals surface area contributed by atoms with E-state index in [0.29, 0.717) is 0 Å². The van der Waals surface area contributed by atoms with Gasteiger partial charge in [-0.05, 0) is 36.2 Å². The molecule has 0 radical (unpaired) electrons. The number of nitrogens with one attached hydrogen (secondary N) is 1. The fraction of sp³-hybridized carbons (Fsp3) is 0.105. The molecule has 0 aliphatic heterocycles. The molecule has 2 aromatic carbocycles. The highest BCUT2D eigenvalue weighted by Gasteiger charge is 2.14. The lowest BCUT2D eigenvalue weighted by Crippen LogP contribution is -2.07. The molecule has 2 aromatic heterocycles. The largest absolute Gasteiger partial charge is 0.351 e. The molecule has 2 heterocycles. The second kappa shape index (κ2) is 7.26. The number of rotatable bonds is 5. The van der Waals surface area contributed by atoms with E-state index < -0.39 is 10.8 Å². The molecule has 0 spiro atoms. The van der Waals surface area contributed by atoms with Gasteiger partial charge < -0.3 is 9.29 Å². The Morgan fingerprint density at radius 2 is 2.04 bits per heavy atom. The van der Waals surface area contributed by atoms with Gasteiger partial charge in [0.1, 0.15) is 5.01 Å². The van der Waals surface area contributed by atoms with Crippen molar-refractivity contribution >= 4 is 50.7 Å². The van der Waals surface area contributed by atoms with Crippen molar-refractivity contribution in [2.45, 2.75) is 9.79 Å². The van der Waals surface area contributed by atoms with Crippen LogP contribution in [0.15, 0.2) is 69.9 Å². The normalized spacial score (nSPS) is 12.4. The van der Waals surface area contributed by atoms with E-state index in [1.54, 1.807) is 29.5 Å². The first-order valence-electron chi connectivity index (χ1n) is 7.99. The van der Waals surface area contributed by atoms with E-state index >= 15 is 0 Å². The highest BCUT2D eigenvalue weighted by Crippen LogP contribution is 2.36. The number of para-hydroxylation sites is 1. The lowest BCUT2D eigenvalue weighted by molar-refractivity contribution is 0.685. The zero-order chi connectivity index (χ0) is 18.1. The van der Waals surface area contributed by atoms with Gasteiger partial charge in [0, 0.05) is 35.2 Å². The molecule has 4 nitrogen and oxygen atoms in total. The van der Waals surface area contributed by atoms with Gasteiger partial charge in [-0.2, -0.15) is 0 Å². The molecule has 0 amide bonds. The molecular weight excluding hydrogens is 382 g/mol. The fourth-order valence-electron chi connectivity index (χ4n) is 2.83. The van der Waals surface area contributed by atoms with Crippen LogP contribution in [0.25, 0.3) is 21.6 Å². The summed E-state index contributed by atoms with van der Waals surface area (Å²) in [6, 6.07) is 16.2. The maximum absolute atomic E-state index is 12.0. The maximum atomic E-state index is 12.0. The second-order valence-electron chi connectivity index (χ2n) is 5.75. The summed E-state index contributed by atoms with van der Waals surface area (Å²) in [5.74, 6) is 0. The highest BCUT2D eigenvalue weighted by atomic mass is 32.2. The Labute approximate surface area is 162 Å². The van der Waals surface area contributed by atoms with E-state index in [2.05, 4.69) is 38.5 Å². The maximum Gasteiger partial charge on any atom is 0.139 e. The summed E-state index contributed by atoms with van der Waals surface area (Å²) in [7, 11) is 1.01. The van der Waals surface area contributed by atoms with Gasteiger partial charge in [-0.3, -0.25) is 4.21 Å². The molecule has 0 aliphatic rings. The number of anilines is 1. The smallest absolute Gasteiger partial charge is 0.139 e. The number of benzene rings is 2. The zero-order valence-corrected chi connectivity index (χ0v) is 16.8. The number of H-pyrrole nitrogens is 1. The molecule has 0 bridgehead atoms. The van der Waals surface area contributed by atoms with Crippen molar-refractivity contribution in [1.82, 2.24) is 9.97 Å². The first kappa shape index (κ1) is 17.3. The minimum Gasteiger partial charge on any atom is -0.351 e. The Balaban J connectivity index is 1.71. The number of aromatic amines is 1. The molecule has 26 heavy (non-hydrogen) atoms. The van der Waals surface area contributed by atoms with Gasteiger partial charge in [-0.15, -0.1) is 11.3 Å². The van der Waals surface area contributed by atoms with Gasteiger partial charge in [0.15, 0.2) is 0 Å².